The van der Waals surface area contributed by atoms with Crippen LogP contribution in [0.15, 0.2) is 42.5 Å². The number of hydrogen-bond donors (Lipinski definition) is 1. The van der Waals surface area contributed by atoms with E-state index in [1.165, 1.54) is 0 Å². The van der Waals surface area contributed by atoms with Crippen molar-refractivity contribution in [1.29, 1.82) is 0 Å². The van der Waals surface area contributed by atoms with Crippen LogP contribution >= 0.6 is 11.6 Å². The monoisotopic (exact) mass is 277 g/mol. The summed E-state index contributed by atoms with van der Waals surface area (Å²) in [5.74, 6) is 1.49. The average molecular weight is 278 g/mol. The number of hydrogen-bond acceptors (Lipinski definition) is 3. The van der Waals surface area contributed by atoms with E-state index in [4.69, 9.17) is 26.8 Å². The van der Waals surface area contributed by atoms with E-state index in [2.05, 4.69) is 0 Å². The van der Waals surface area contributed by atoms with E-state index >= 15 is 0 Å². The molecule has 2 rings (SSSR count). The van der Waals surface area contributed by atoms with E-state index in [9.17, 15) is 0 Å². The Kier molecular flexibility index (Phi) is 4.53. The first-order valence-electron chi connectivity index (χ1n) is 6.03. The lowest BCUT2D eigenvalue weighted by Gasteiger charge is -2.11. The number of nitrogens with two attached hydrogens (primary N) is 1. The highest BCUT2D eigenvalue weighted by atomic mass is 35.5. The molecule has 100 valence electrons. The van der Waals surface area contributed by atoms with E-state index in [0.29, 0.717) is 29.7 Å². The van der Waals surface area contributed by atoms with Crippen LogP contribution in [0.1, 0.15) is 5.56 Å². The molecule has 0 aliphatic heterocycles. The van der Waals surface area contributed by atoms with E-state index in [0.717, 1.165) is 11.3 Å². The highest BCUT2D eigenvalue weighted by Crippen LogP contribution is 2.22. The smallest absolute Gasteiger partial charge is 0.142 e. The summed E-state index contributed by atoms with van der Waals surface area (Å²) in [4.78, 5) is 0. The molecule has 0 amide bonds. The Bertz CT molecular complexity index is 558. The van der Waals surface area contributed by atoms with Crippen molar-refractivity contribution in [2.24, 2.45) is 0 Å². The molecule has 0 aromatic heterocycles. The predicted octanol–water partition coefficient (Wildman–Crippen LogP) is 3.69. The molecule has 0 unspecified atom stereocenters. The number of rotatable bonds is 5. The number of benzene rings is 2. The largest absolute Gasteiger partial charge is 0.490 e. The highest BCUT2D eigenvalue weighted by molar-refractivity contribution is 6.30. The summed E-state index contributed by atoms with van der Waals surface area (Å²) < 4.78 is 11.2. The molecular formula is C15H16ClNO2. The van der Waals surface area contributed by atoms with Gasteiger partial charge in [-0.15, -0.1) is 0 Å². The highest BCUT2D eigenvalue weighted by Gasteiger charge is 2.01. The van der Waals surface area contributed by atoms with Crippen molar-refractivity contribution < 1.29 is 9.47 Å². The van der Waals surface area contributed by atoms with Gasteiger partial charge in [-0.25, -0.2) is 0 Å². The van der Waals surface area contributed by atoms with Gasteiger partial charge in [0.05, 0.1) is 5.69 Å². The lowest BCUT2D eigenvalue weighted by atomic mass is 10.2. The van der Waals surface area contributed by atoms with Gasteiger partial charge in [0.1, 0.15) is 24.7 Å². The zero-order chi connectivity index (χ0) is 13.7. The van der Waals surface area contributed by atoms with Gasteiger partial charge >= 0.3 is 0 Å². The second-order valence-corrected chi connectivity index (χ2v) is 4.58. The summed E-state index contributed by atoms with van der Waals surface area (Å²) in [6, 6.07) is 12.9. The molecule has 2 N–H and O–H groups in total. The number of anilines is 1. The van der Waals surface area contributed by atoms with Gasteiger partial charge < -0.3 is 15.2 Å². The fraction of sp³-hybridized carbons (Fsp3) is 0.200. The summed E-state index contributed by atoms with van der Waals surface area (Å²) in [5.41, 5.74) is 7.41. The maximum atomic E-state index is 5.88. The topological polar surface area (TPSA) is 44.5 Å². The van der Waals surface area contributed by atoms with Crippen LogP contribution in [0.5, 0.6) is 11.5 Å². The number of halogens is 1. The van der Waals surface area contributed by atoms with Crippen molar-refractivity contribution in [3.8, 4) is 11.5 Å². The van der Waals surface area contributed by atoms with Crippen LogP contribution < -0.4 is 15.2 Å². The lowest BCUT2D eigenvalue weighted by molar-refractivity contribution is 0.217. The summed E-state index contributed by atoms with van der Waals surface area (Å²) in [6.07, 6.45) is 0. The second kappa shape index (κ2) is 6.34. The molecule has 2 aromatic carbocycles. The van der Waals surface area contributed by atoms with Gasteiger partial charge in [0.25, 0.3) is 0 Å². The minimum Gasteiger partial charge on any atom is -0.490 e. The molecule has 0 spiro atoms. The summed E-state index contributed by atoms with van der Waals surface area (Å²) in [5, 5.41) is 0.707. The average Bonchev–Trinajstić information content (AvgIpc) is 2.38. The van der Waals surface area contributed by atoms with Crippen LogP contribution in [0.4, 0.5) is 5.69 Å². The minimum atomic E-state index is 0.441. The van der Waals surface area contributed by atoms with Crippen molar-refractivity contribution in [3.05, 3.63) is 53.1 Å². The Morgan fingerprint density at radius 3 is 2.37 bits per heavy atom. The van der Waals surface area contributed by atoms with Gasteiger partial charge in [-0.1, -0.05) is 23.7 Å². The maximum absolute atomic E-state index is 5.88. The Morgan fingerprint density at radius 1 is 1.00 bits per heavy atom. The van der Waals surface area contributed by atoms with Gasteiger partial charge in [-0.05, 0) is 42.8 Å². The molecule has 4 heteroatoms. The van der Waals surface area contributed by atoms with Crippen LogP contribution in [-0.2, 0) is 0 Å². The van der Waals surface area contributed by atoms with Crippen LogP contribution in [0.3, 0.4) is 0 Å². The molecule has 0 atom stereocenters. The van der Waals surface area contributed by atoms with Crippen molar-refractivity contribution in [1.82, 2.24) is 0 Å². The second-order valence-electron chi connectivity index (χ2n) is 4.14. The number of ether oxygens (including phenoxy) is 2. The molecule has 0 aliphatic carbocycles. The van der Waals surface area contributed by atoms with Gasteiger partial charge in [0, 0.05) is 5.02 Å². The SMILES string of the molecule is Cc1cc(Cl)ccc1OCCOc1ccccc1N. The fourth-order valence-corrected chi connectivity index (χ4v) is 1.92. The first-order valence-corrected chi connectivity index (χ1v) is 6.41. The van der Waals surface area contributed by atoms with Gasteiger partial charge in [-0.2, -0.15) is 0 Å². The van der Waals surface area contributed by atoms with Gasteiger partial charge in [0.15, 0.2) is 0 Å². The lowest BCUT2D eigenvalue weighted by Crippen LogP contribution is -2.10. The van der Waals surface area contributed by atoms with Crippen LogP contribution in [-0.4, -0.2) is 13.2 Å². The van der Waals surface area contributed by atoms with Crippen molar-refractivity contribution in [2.75, 3.05) is 18.9 Å². The third-order valence-corrected chi connectivity index (χ3v) is 2.89. The first kappa shape index (κ1) is 13.6. The van der Waals surface area contributed by atoms with E-state index in [1.54, 1.807) is 12.1 Å². The maximum Gasteiger partial charge on any atom is 0.142 e. The van der Waals surface area contributed by atoms with Gasteiger partial charge in [-0.3, -0.25) is 0 Å². The summed E-state index contributed by atoms with van der Waals surface area (Å²) >= 11 is 5.88. The zero-order valence-corrected chi connectivity index (χ0v) is 11.5. The van der Waals surface area contributed by atoms with Crippen molar-refractivity contribution in [2.45, 2.75) is 6.92 Å². The van der Waals surface area contributed by atoms with E-state index in [-0.39, 0.29) is 0 Å². The zero-order valence-electron chi connectivity index (χ0n) is 10.7. The molecule has 0 saturated carbocycles. The molecule has 0 radical (unpaired) electrons. The molecule has 0 saturated heterocycles. The third kappa shape index (κ3) is 3.80. The molecule has 3 nitrogen and oxygen atoms in total. The molecular weight excluding hydrogens is 262 g/mol. The molecule has 19 heavy (non-hydrogen) atoms. The Labute approximate surface area is 117 Å². The Balaban J connectivity index is 1.83. The normalized spacial score (nSPS) is 10.2. The first-order chi connectivity index (χ1) is 9.16. The number of para-hydroxylation sites is 2. The molecule has 2 aromatic rings. The fourth-order valence-electron chi connectivity index (χ4n) is 1.69. The van der Waals surface area contributed by atoms with Crippen molar-refractivity contribution in [3.63, 3.8) is 0 Å². The number of nitrogen functional groups attached to an aromatic ring is 1. The minimum absolute atomic E-state index is 0.441. The molecule has 0 fully saturated rings. The van der Waals surface area contributed by atoms with E-state index < -0.39 is 0 Å². The number of aryl methyl sites for hydroxylation is 1. The van der Waals surface area contributed by atoms with Crippen molar-refractivity contribution >= 4 is 17.3 Å². The van der Waals surface area contributed by atoms with Crippen LogP contribution in [0, 0.1) is 6.92 Å². The van der Waals surface area contributed by atoms with Crippen LogP contribution in [0.2, 0.25) is 5.02 Å². The third-order valence-electron chi connectivity index (χ3n) is 2.65. The summed E-state index contributed by atoms with van der Waals surface area (Å²) in [6.45, 7) is 2.85. The predicted molar refractivity (Wildman–Crippen MR) is 78.0 cm³/mol. The molecule has 0 bridgehead atoms. The quantitative estimate of drug-likeness (QED) is 0.670. The Morgan fingerprint density at radius 2 is 1.68 bits per heavy atom. The van der Waals surface area contributed by atoms with Crippen LogP contribution in [0.25, 0.3) is 0 Å². The van der Waals surface area contributed by atoms with E-state index in [1.807, 2.05) is 37.3 Å². The summed E-state index contributed by atoms with van der Waals surface area (Å²) in [7, 11) is 0. The molecule has 0 heterocycles. The Hall–Kier alpha value is -1.87. The molecule has 0 aliphatic rings. The van der Waals surface area contributed by atoms with Gasteiger partial charge in [0.2, 0.25) is 0 Å². The standard InChI is InChI=1S/C15H16ClNO2/c1-11-10-12(16)6-7-14(11)18-8-9-19-15-5-3-2-4-13(15)17/h2-7,10H,8-9,17H2,1H3.